The highest BCUT2D eigenvalue weighted by Gasteiger charge is 2.39. The van der Waals surface area contributed by atoms with Crippen LogP contribution >= 0.6 is 15.9 Å². The lowest BCUT2D eigenvalue weighted by Gasteiger charge is -2.36. The summed E-state index contributed by atoms with van der Waals surface area (Å²) < 4.78 is 5.75. The quantitative estimate of drug-likeness (QED) is 0.407. The van der Waals surface area contributed by atoms with Gasteiger partial charge in [-0.2, -0.15) is 0 Å². The molecule has 0 heterocycles. The molecule has 158 valence electrons. The van der Waals surface area contributed by atoms with Gasteiger partial charge in [0.1, 0.15) is 0 Å². The number of hydrogen-bond donors (Lipinski definition) is 1. The summed E-state index contributed by atoms with van der Waals surface area (Å²) in [5.41, 5.74) is 3.21. The van der Waals surface area contributed by atoms with Gasteiger partial charge >= 0.3 is 5.97 Å². The van der Waals surface area contributed by atoms with E-state index < -0.39 is 5.97 Å². The Morgan fingerprint density at radius 3 is 2.47 bits per heavy atom. The number of halogens is 1. The second kappa shape index (κ2) is 10.1. The molecule has 2 aromatic carbocycles. The van der Waals surface area contributed by atoms with Crippen molar-refractivity contribution in [2.75, 3.05) is 12.4 Å². The molecule has 3 rings (SSSR count). The molecule has 0 radical (unpaired) electrons. The highest BCUT2D eigenvalue weighted by molar-refractivity contribution is 9.10. The van der Waals surface area contributed by atoms with Gasteiger partial charge in [0.2, 0.25) is 5.91 Å². The average Bonchev–Trinajstić information content (AvgIpc) is 2.76. The van der Waals surface area contributed by atoms with Crippen LogP contribution in [0.3, 0.4) is 0 Å². The molecule has 1 aliphatic carbocycles. The standard InChI is InChI=1S/C25H28BrNO3/c1-18(15-23(28)30-2)20-7-6-8-22(16-20)27-24(29)25(13-4-3-5-14-25)17-19-9-11-21(26)12-10-19/h6-12,15-16H,3-5,13-14,17H2,1-2H3,(H,27,29)/b18-15-. The Bertz CT molecular complexity index is 928. The normalized spacial score (nSPS) is 16.0. The maximum Gasteiger partial charge on any atom is 0.330 e. The first kappa shape index (κ1) is 22.3. The second-order valence-electron chi connectivity index (χ2n) is 8.03. The molecule has 2 aromatic rings. The van der Waals surface area contributed by atoms with Crippen LogP contribution in [0.5, 0.6) is 0 Å². The number of hydrogen-bond acceptors (Lipinski definition) is 3. The molecule has 1 saturated carbocycles. The van der Waals surface area contributed by atoms with Gasteiger partial charge in [-0.05, 0) is 67.2 Å². The van der Waals surface area contributed by atoms with Crippen molar-refractivity contribution in [2.24, 2.45) is 5.41 Å². The van der Waals surface area contributed by atoms with Gasteiger partial charge in [-0.3, -0.25) is 4.79 Å². The van der Waals surface area contributed by atoms with E-state index in [4.69, 9.17) is 4.74 Å². The molecular weight excluding hydrogens is 442 g/mol. The number of allylic oxidation sites excluding steroid dienone is 1. The van der Waals surface area contributed by atoms with Crippen molar-refractivity contribution in [2.45, 2.75) is 45.4 Å². The van der Waals surface area contributed by atoms with E-state index in [0.717, 1.165) is 53.4 Å². The number of amides is 1. The molecule has 0 spiro atoms. The summed E-state index contributed by atoms with van der Waals surface area (Å²) in [6.45, 7) is 1.86. The Morgan fingerprint density at radius 2 is 1.80 bits per heavy atom. The van der Waals surface area contributed by atoms with E-state index in [1.807, 2.05) is 43.3 Å². The van der Waals surface area contributed by atoms with Gasteiger partial charge in [0, 0.05) is 16.2 Å². The maximum absolute atomic E-state index is 13.5. The van der Waals surface area contributed by atoms with Crippen molar-refractivity contribution in [3.8, 4) is 0 Å². The summed E-state index contributed by atoms with van der Waals surface area (Å²) in [7, 11) is 1.36. The predicted octanol–water partition coefficient (Wildman–Crippen LogP) is 6.16. The third kappa shape index (κ3) is 5.60. The van der Waals surface area contributed by atoms with E-state index in [9.17, 15) is 9.59 Å². The predicted molar refractivity (Wildman–Crippen MR) is 124 cm³/mol. The summed E-state index contributed by atoms with van der Waals surface area (Å²) in [6, 6.07) is 15.9. The largest absolute Gasteiger partial charge is 0.466 e. The van der Waals surface area contributed by atoms with E-state index in [1.165, 1.54) is 25.2 Å². The fraction of sp³-hybridized carbons (Fsp3) is 0.360. The van der Waals surface area contributed by atoms with Gasteiger partial charge in [0.15, 0.2) is 0 Å². The molecule has 0 aromatic heterocycles. The minimum Gasteiger partial charge on any atom is -0.466 e. The molecule has 0 atom stereocenters. The Balaban J connectivity index is 1.81. The molecular formula is C25H28BrNO3. The average molecular weight is 470 g/mol. The van der Waals surface area contributed by atoms with E-state index in [1.54, 1.807) is 0 Å². The number of methoxy groups -OCH3 is 1. The third-order valence-corrected chi connectivity index (χ3v) is 6.39. The highest BCUT2D eigenvalue weighted by Crippen LogP contribution is 2.40. The zero-order chi connectivity index (χ0) is 21.6. The van der Waals surface area contributed by atoms with Gasteiger partial charge in [-0.1, -0.05) is 59.5 Å². The maximum atomic E-state index is 13.5. The summed E-state index contributed by atoms with van der Waals surface area (Å²) >= 11 is 3.48. The smallest absolute Gasteiger partial charge is 0.330 e. The summed E-state index contributed by atoms with van der Waals surface area (Å²) in [6.07, 6.45) is 7.33. The molecule has 30 heavy (non-hydrogen) atoms. The topological polar surface area (TPSA) is 55.4 Å². The first-order valence-electron chi connectivity index (χ1n) is 10.3. The van der Waals surface area contributed by atoms with Gasteiger partial charge in [-0.25, -0.2) is 4.79 Å². The molecule has 1 aliphatic rings. The molecule has 1 amide bonds. The molecule has 4 nitrogen and oxygen atoms in total. The van der Waals surface area contributed by atoms with Crippen LogP contribution in [0.2, 0.25) is 0 Å². The van der Waals surface area contributed by atoms with Gasteiger partial charge in [0.25, 0.3) is 0 Å². The van der Waals surface area contributed by atoms with Gasteiger partial charge < -0.3 is 10.1 Å². The van der Waals surface area contributed by atoms with E-state index in [0.29, 0.717) is 0 Å². The van der Waals surface area contributed by atoms with Crippen LogP contribution in [-0.4, -0.2) is 19.0 Å². The Labute approximate surface area is 186 Å². The van der Waals surface area contributed by atoms with Crippen LogP contribution < -0.4 is 5.32 Å². The first-order valence-corrected chi connectivity index (χ1v) is 11.1. The van der Waals surface area contributed by atoms with E-state index in [2.05, 4.69) is 33.4 Å². The number of anilines is 1. The molecule has 0 aliphatic heterocycles. The number of benzene rings is 2. The van der Waals surface area contributed by atoms with Crippen LogP contribution in [0.25, 0.3) is 5.57 Å². The Morgan fingerprint density at radius 1 is 1.10 bits per heavy atom. The van der Waals surface area contributed by atoms with Gasteiger partial charge in [-0.15, -0.1) is 0 Å². The van der Waals surface area contributed by atoms with E-state index >= 15 is 0 Å². The molecule has 5 heteroatoms. The Kier molecular flexibility index (Phi) is 7.48. The molecule has 0 unspecified atom stereocenters. The van der Waals surface area contributed by atoms with Crippen molar-refractivity contribution in [1.82, 2.24) is 0 Å². The molecule has 0 bridgehead atoms. The van der Waals surface area contributed by atoms with Crippen molar-refractivity contribution >= 4 is 39.1 Å². The lowest BCUT2D eigenvalue weighted by molar-refractivity contribution is -0.134. The Hall–Kier alpha value is -2.40. The lowest BCUT2D eigenvalue weighted by Crippen LogP contribution is -2.40. The zero-order valence-electron chi connectivity index (χ0n) is 17.5. The summed E-state index contributed by atoms with van der Waals surface area (Å²) in [5.74, 6) is -0.311. The van der Waals surface area contributed by atoms with Crippen LogP contribution in [0, 0.1) is 5.41 Å². The van der Waals surface area contributed by atoms with Crippen molar-refractivity contribution < 1.29 is 14.3 Å². The number of carbonyl (C=O) groups excluding carboxylic acids is 2. The number of rotatable bonds is 6. The zero-order valence-corrected chi connectivity index (χ0v) is 19.1. The monoisotopic (exact) mass is 469 g/mol. The fourth-order valence-corrected chi connectivity index (χ4v) is 4.39. The molecule has 0 saturated heterocycles. The number of esters is 1. The van der Waals surface area contributed by atoms with Crippen LogP contribution in [0.15, 0.2) is 59.1 Å². The fourth-order valence-electron chi connectivity index (χ4n) is 4.13. The summed E-state index contributed by atoms with van der Waals surface area (Å²) in [4.78, 5) is 25.0. The minimum absolute atomic E-state index is 0.0804. The minimum atomic E-state index is -0.391. The number of carbonyl (C=O) groups is 2. The van der Waals surface area contributed by atoms with Gasteiger partial charge in [0.05, 0.1) is 12.5 Å². The van der Waals surface area contributed by atoms with Crippen LogP contribution in [0.1, 0.15) is 50.2 Å². The lowest BCUT2D eigenvalue weighted by atomic mass is 9.69. The molecule has 1 N–H and O–H groups in total. The molecule has 1 fully saturated rings. The second-order valence-corrected chi connectivity index (χ2v) is 8.95. The van der Waals surface area contributed by atoms with Crippen molar-refractivity contribution in [3.63, 3.8) is 0 Å². The third-order valence-electron chi connectivity index (χ3n) is 5.86. The van der Waals surface area contributed by atoms with E-state index in [-0.39, 0.29) is 11.3 Å². The SMILES string of the molecule is COC(=O)/C=C(/C)c1cccc(NC(=O)C2(Cc3ccc(Br)cc3)CCCCC2)c1. The number of nitrogens with one attached hydrogen (secondary N) is 1. The summed E-state index contributed by atoms with van der Waals surface area (Å²) in [5, 5.41) is 3.16. The van der Waals surface area contributed by atoms with Crippen LogP contribution in [-0.2, 0) is 20.7 Å². The van der Waals surface area contributed by atoms with Crippen molar-refractivity contribution in [1.29, 1.82) is 0 Å². The van der Waals surface area contributed by atoms with Crippen LogP contribution in [0.4, 0.5) is 5.69 Å². The number of ether oxygens (including phenoxy) is 1. The highest BCUT2D eigenvalue weighted by atomic mass is 79.9. The first-order chi connectivity index (χ1) is 14.4. The van der Waals surface area contributed by atoms with Crippen molar-refractivity contribution in [3.05, 3.63) is 70.2 Å².